The second-order valence-corrected chi connectivity index (χ2v) is 5.78. The predicted octanol–water partition coefficient (Wildman–Crippen LogP) is 4.11. The Morgan fingerprint density at radius 1 is 1.42 bits per heavy atom. The van der Waals surface area contributed by atoms with E-state index in [-0.39, 0.29) is 5.82 Å². The topological polar surface area (TPSA) is 41.6 Å². The highest BCUT2D eigenvalue weighted by Gasteiger charge is 2.21. The summed E-state index contributed by atoms with van der Waals surface area (Å²) >= 11 is 2.93. The molecule has 0 saturated carbocycles. The molecular formula is C13H12FN3S2. The lowest BCUT2D eigenvalue weighted by Crippen LogP contribution is -1.96. The maximum atomic E-state index is 14.6. The van der Waals surface area contributed by atoms with E-state index < -0.39 is 0 Å². The van der Waals surface area contributed by atoms with Gasteiger partial charge in [-0.05, 0) is 18.2 Å². The van der Waals surface area contributed by atoms with Crippen LogP contribution in [0.1, 0.15) is 12.5 Å². The van der Waals surface area contributed by atoms with Crippen LogP contribution in [0.25, 0.3) is 21.3 Å². The van der Waals surface area contributed by atoms with Crippen LogP contribution in [0.4, 0.5) is 4.39 Å². The zero-order valence-electron chi connectivity index (χ0n) is 10.5. The first-order valence-corrected chi connectivity index (χ1v) is 7.98. The molecule has 3 rings (SSSR count). The van der Waals surface area contributed by atoms with Crippen molar-refractivity contribution in [2.45, 2.75) is 18.2 Å². The highest BCUT2D eigenvalue weighted by atomic mass is 32.2. The molecule has 6 heteroatoms. The number of nitrogens with one attached hydrogen (secondary N) is 1. The van der Waals surface area contributed by atoms with Gasteiger partial charge in [-0.3, -0.25) is 10.1 Å². The average molecular weight is 293 g/mol. The lowest BCUT2D eigenvalue weighted by Gasteiger charge is -2.12. The number of thiazole rings is 1. The van der Waals surface area contributed by atoms with Crippen molar-refractivity contribution < 1.29 is 4.39 Å². The third-order valence-corrected chi connectivity index (χ3v) is 4.72. The van der Waals surface area contributed by atoms with Crippen molar-refractivity contribution >= 4 is 34.0 Å². The van der Waals surface area contributed by atoms with E-state index in [2.05, 4.69) is 15.2 Å². The number of nitrogens with zero attached hydrogens (tertiary/aromatic N) is 2. The van der Waals surface area contributed by atoms with Crippen LogP contribution in [0.5, 0.6) is 0 Å². The highest BCUT2D eigenvalue weighted by molar-refractivity contribution is 7.98. The van der Waals surface area contributed by atoms with Crippen LogP contribution in [0.2, 0.25) is 0 Å². The van der Waals surface area contributed by atoms with E-state index in [1.54, 1.807) is 17.9 Å². The monoisotopic (exact) mass is 293 g/mol. The molecule has 0 aliphatic carbocycles. The van der Waals surface area contributed by atoms with Crippen LogP contribution >= 0.6 is 23.1 Å². The van der Waals surface area contributed by atoms with Gasteiger partial charge in [-0.25, -0.2) is 4.39 Å². The molecule has 0 aliphatic rings. The number of halogens is 1. The third kappa shape index (κ3) is 1.86. The Morgan fingerprint density at radius 2 is 2.26 bits per heavy atom. The summed E-state index contributed by atoms with van der Waals surface area (Å²) < 4.78 is 14.6. The molecule has 0 radical (unpaired) electrons. The van der Waals surface area contributed by atoms with Crippen molar-refractivity contribution in [3.05, 3.63) is 29.3 Å². The van der Waals surface area contributed by atoms with Gasteiger partial charge in [-0.15, -0.1) is 23.1 Å². The van der Waals surface area contributed by atoms with Crippen LogP contribution in [0.3, 0.4) is 0 Å². The van der Waals surface area contributed by atoms with Crippen LogP contribution in [0, 0.1) is 5.82 Å². The fourth-order valence-corrected chi connectivity index (χ4v) is 3.68. The fraction of sp³-hybridized carbons (Fsp3) is 0.231. The molecule has 0 atom stereocenters. The zero-order chi connectivity index (χ0) is 13.4. The molecule has 19 heavy (non-hydrogen) atoms. The van der Waals surface area contributed by atoms with E-state index in [1.165, 1.54) is 23.1 Å². The number of rotatable bonds is 3. The van der Waals surface area contributed by atoms with Gasteiger partial charge >= 0.3 is 0 Å². The third-order valence-electron chi connectivity index (χ3n) is 3.14. The second kappa shape index (κ2) is 4.94. The maximum Gasteiger partial charge on any atom is 0.142 e. The molecule has 0 saturated heterocycles. The first kappa shape index (κ1) is 12.6. The highest BCUT2D eigenvalue weighted by Crippen LogP contribution is 2.40. The van der Waals surface area contributed by atoms with Crippen molar-refractivity contribution in [2.75, 3.05) is 6.26 Å². The quantitative estimate of drug-likeness (QED) is 0.739. The van der Waals surface area contributed by atoms with E-state index in [4.69, 9.17) is 0 Å². The van der Waals surface area contributed by atoms with Crippen LogP contribution < -0.4 is 0 Å². The van der Waals surface area contributed by atoms with Crippen molar-refractivity contribution in [1.82, 2.24) is 15.2 Å². The Balaban J connectivity index is 2.46. The number of thioether (sulfide) groups is 1. The smallest absolute Gasteiger partial charge is 0.142 e. The van der Waals surface area contributed by atoms with Gasteiger partial charge in [-0.2, -0.15) is 5.10 Å². The van der Waals surface area contributed by atoms with Gasteiger partial charge < -0.3 is 0 Å². The lowest BCUT2D eigenvalue weighted by atomic mass is 9.99. The molecule has 1 aromatic carbocycles. The molecule has 0 bridgehead atoms. The molecule has 0 spiro atoms. The van der Waals surface area contributed by atoms with Gasteiger partial charge in [0.2, 0.25) is 0 Å². The number of benzene rings is 1. The van der Waals surface area contributed by atoms with E-state index in [9.17, 15) is 4.39 Å². The van der Waals surface area contributed by atoms with Crippen molar-refractivity contribution in [3.63, 3.8) is 0 Å². The minimum Gasteiger partial charge on any atom is -0.277 e. The number of fused-ring (bicyclic) bond motifs is 1. The van der Waals surface area contributed by atoms with Gasteiger partial charge in [0, 0.05) is 17.1 Å². The molecular weight excluding hydrogens is 281 g/mol. The maximum absolute atomic E-state index is 14.6. The standard InChI is InChI=1S/C13H12FN3S2/c1-3-7-10(9-5-15-6-19-9)8-4-16-17-12(8)13(18-2)11(7)14/h4-6H,3H2,1-2H3,(H,16,17). The molecule has 3 aromatic rings. The molecule has 0 aliphatic heterocycles. The lowest BCUT2D eigenvalue weighted by molar-refractivity contribution is 0.590. The largest absolute Gasteiger partial charge is 0.277 e. The normalized spacial score (nSPS) is 11.3. The Labute approximate surface area is 118 Å². The Kier molecular flexibility index (Phi) is 3.28. The summed E-state index contributed by atoms with van der Waals surface area (Å²) in [6, 6.07) is 0. The molecule has 2 aromatic heterocycles. The molecule has 1 N–H and O–H groups in total. The van der Waals surface area contributed by atoms with Gasteiger partial charge in [0.1, 0.15) is 5.82 Å². The van der Waals surface area contributed by atoms with Crippen LogP contribution in [0.15, 0.2) is 22.8 Å². The summed E-state index contributed by atoms with van der Waals surface area (Å²) in [4.78, 5) is 5.72. The molecule has 0 amide bonds. The minimum atomic E-state index is -0.143. The summed E-state index contributed by atoms with van der Waals surface area (Å²) in [5.41, 5.74) is 4.19. The van der Waals surface area contributed by atoms with Crippen molar-refractivity contribution in [2.24, 2.45) is 0 Å². The fourth-order valence-electron chi connectivity index (χ4n) is 2.31. The summed E-state index contributed by atoms with van der Waals surface area (Å²) in [7, 11) is 0. The molecule has 98 valence electrons. The summed E-state index contributed by atoms with van der Waals surface area (Å²) in [5, 5.41) is 7.95. The first-order valence-electron chi connectivity index (χ1n) is 5.88. The first-order chi connectivity index (χ1) is 9.27. The number of hydrogen-bond donors (Lipinski definition) is 1. The zero-order valence-corrected chi connectivity index (χ0v) is 12.2. The van der Waals surface area contributed by atoms with Gasteiger partial charge in [-0.1, -0.05) is 6.92 Å². The summed E-state index contributed by atoms with van der Waals surface area (Å²) in [5.74, 6) is -0.143. The molecule has 3 nitrogen and oxygen atoms in total. The Hall–Kier alpha value is -1.40. The van der Waals surface area contributed by atoms with E-state index in [0.717, 1.165) is 26.9 Å². The Bertz CT molecular complexity index is 719. The average Bonchev–Trinajstić information content (AvgIpc) is 3.08. The van der Waals surface area contributed by atoms with E-state index in [0.29, 0.717) is 11.3 Å². The van der Waals surface area contributed by atoms with Crippen LogP contribution in [-0.2, 0) is 6.42 Å². The number of aromatic nitrogens is 3. The number of aromatic amines is 1. The summed E-state index contributed by atoms with van der Waals surface area (Å²) in [6.07, 6.45) is 6.07. The van der Waals surface area contributed by atoms with Crippen LogP contribution in [-0.4, -0.2) is 21.4 Å². The van der Waals surface area contributed by atoms with Gasteiger partial charge in [0.05, 0.1) is 27.0 Å². The van der Waals surface area contributed by atoms with Gasteiger partial charge in [0.15, 0.2) is 0 Å². The number of H-pyrrole nitrogens is 1. The van der Waals surface area contributed by atoms with Crippen molar-refractivity contribution in [3.8, 4) is 10.4 Å². The minimum absolute atomic E-state index is 0.143. The second-order valence-electron chi connectivity index (χ2n) is 4.08. The molecule has 2 heterocycles. The van der Waals surface area contributed by atoms with E-state index in [1.807, 2.05) is 13.2 Å². The van der Waals surface area contributed by atoms with Crippen molar-refractivity contribution in [1.29, 1.82) is 0 Å². The SMILES string of the molecule is CCc1c(F)c(SC)c2[nH]ncc2c1-c1cncs1. The number of hydrogen-bond acceptors (Lipinski definition) is 4. The predicted molar refractivity (Wildman–Crippen MR) is 78.3 cm³/mol. The van der Waals surface area contributed by atoms with E-state index >= 15 is 0 Å². The molecule has 0 fully saturated rings. The molecule has 0 unspecified atom stereocenters. The summed E-state index contributed by atoms with van der Waals surface area (Å²) in [6.45, 7) is 1.97. The Morgan fingerprint density at radius 3 is 2.89 bits per heavy atom. The van der Waals surface area contributed by atoms with Gasteiger partial charge in [0.25, 0.3) is 0 Å².